The number of aliphatic carboxylic acids is 1. The zero-order chi connectivity index (χ0) is 17.7. The van der Waals surface area contributed by atoms with E-state index in [0.29, 0.717) is 11.5 Å². The van der Waals surface area contributed by atoms with Crippen LogP contribution in [0.1, 0.15) is 29.4 Å². The molecule has 1 N–H and O–H groups in total. The molecule has 1 heterocycles. The number of carboxylic acids is 1. The molecule has 2 aromatic rings. The molecule has 1 aromatic heterocycles. The number of nitrogens with zero attached hydrogens (tertiary/aromatic N) is 2. The number of hydrogen-bond acceptors (Lipinski definition) is 5. The first kappa shape index (κ1) is 18.0. The normalized spacial score (nSPS) is 12.8. The van der Waals surface area contributed by atoms with Gasteiger partial charge in [0.15, 0.2) is 0 Å². The molecule has 7 nitrogen and oxygen atoms in total. The maximum Gasteiger partial charge on any atom is 0.312 e. The maximum absolute atomic E-state index is 11.6. The molecular formula is C16H20N2O5S. The predicted molar refractivity (Wildman–Crippen MR) is 88.4 cm³/mol. The van der Waals surface area contributed by atoms with Crippen LogP contribution in [0.25, 0.3) is 0 Å². The Labute approximate surface area is 140 Å². The summed E-state index contributed by atoms with van der Waals surface area (Å²) in [5, 5.41) is 9.45. The fourth-order valence-corrected chi connectivity index (χ4v) is 2.96. The number of sulfone groups is 1. The van der Waals surface area contributed by atoms with E-state index in [1.54, 1.807) is 6.92 Å². The highest BCUT2D eigenvalue weighted by Gasteiger charge is 2.27. The Morgan fingerprint density at radius 3 is 2.58 bits per heavy atom. The Bertz CT molecular complexity index is 799. The molecule has 1 unspecified atom stereocenters. The van der Waals surface area contributed by atoms with Gasteiger partial charge < -0.3 is 9.94 Å². The third kappa shape index (κ3) is 4.82. The van der Waals surface area contributed by atoms with Gasteiger partial charge in [0.2, 0.25) is 0 Å². The van der Waals surface area contributed by atoms with E-state index in [2.05, 4.69) is 4.98 Å². The maximum atomic E-state index is 11.6. The van der Waals surface area contributed by atoms with Crippen molar-refractivity contribution in [2.75, 3.05) is 12.0 Å². The second-order valence-electron chi connectivity index (χ2n) is 5.59. The van der Waals surface area contributed by atoms with E-state index in [4.69, 9.17) is 4.84 Å². The molecule has 24 heavy (non-hydrogen) atoms. The highest BCUT2D eigenvalue weighted by Crippen LogP contribution is 2.22. The summed E-state index contributed by atoms with van der Waals surface area (Å²) in [7, 11) is -3.26. The Balaban J connectivity index is 2.20. The average Bonchev–Trinajstić information content (AvgIpc) is 2.86. The molecule has 2 rings (SSSR count). The number of carbonyl (C=O) groups is 1. The summed E-state index contributed by atoms with van der Waals surface area (Å²) < 4.78 is 24.1. The van der Waals surface area contributed by atoms with Gasteiger partial charge in [-0.15, -0.1) is 0 Å². The number of imidazole rings is 1. The van der Waals surface area contributed by atoms with Gasteiger partial charge in [0.1, 0.15) is 28.2 Å². The zero-order valence-electron chi connectivity index (χ0n) is 13.5. The minimum atomic E-state index is -3.26. The quantitative estimate of drug-likeness (QED) is 0.771. The second kappa shape index (κ2) is 7.48. The first-order valence-corrected chi connectivity index (χ1v) is 9.46. The van der Waals surface area contributed by atoms with Gasteiger partial charge >= 0.3 is 5.97 Å². The molecule has 0 amide bonds. The molecule has 8 heteroatoms. The molecule has 0 radical (unpaired) electrons. The van der Waals surface area contributed by atoms with Crippen molar-refractivity contribution in [3.63, 3.8) is 0 Å². The third-order valence-electron chi connectivity index (χ3n) is 3.55. The van der Waals surface area contributed by atoms with Crippen LogP contribution in [-0.4, -0.2) is 41.2 Å². The summed E-state index contributed by atoms with van der Waals surface area (Å²) >= 11 is 0. The highest BCUT2D eigenvalue weighted by molar-refractivity contribution is 7.90. The van der Waals surface area contributed by atoms with Crippen LogP contribution >= 0.6 is 0 Å². The molecule has 0 aliphatic rings. The van der Waals surface area contributed by atoms with Crippen molar-refractivity contribution in [2.45, 2.75) is 25.9 Å². The van der Waals surface area contributed by atoms with Gasteiger partial charge in [-0.3, -0.25) is 4.79 Å². The van der Waals surface area contributed by atoms with E-state index >= 15 is 0 Å². The molecule has 0 spiro atoms. The molecule has 0 saturated heterocycles. The number of rotatable bonds is 8. The first-order chi connectivity index (χ1) is 11.3. The van der Waals surface area contributed by atoms with Gasteiger partial charge in [0.05, 0.1) is 17.6 Å². The van der Waals surface area contributed by atoms with Gasteiger partial charge in [-0.1, -0.05) is 30.3 Å². The minimum absolute atomic E-state index is 0.0337. The SMILES string of the molecule is Cc1ncc(C(CCS(C)(=O)=O)C(=O)O)n1OCc1ccccc1. The standard InChI is InChI=1S/C16H20N2O5S/c1-12-17-10-15(14(16(19)20)8-9-24(2,21)22)18(12)23-11-13-6-4-3-5-7-13/h3-7,10,14H,8-9,11H2,1-2H3,(H,19,20). The van der Waals surface area contributed by atoms with Crippen molar-refractivity contribution in [1.82, 2.24) is 9.71 Å². The van der Waals surface area contributed by atoms with Gasteiger partial charge in [-0.05, 0) is 18.9 Å². The van der Waals surface area contributed by atoms with Crippen LogP contribution in [0.15, 0.2) is 36.5 Å². The lowest BCUT2D eigenvalue weighted by molar-refractivity contribution is -0.139. The van der Waals surface area contributed by atoms with E-state index in [-0.39, 0.29) is 18.8 Å². The summed E-state index contributed by atoms with van der Waals surface area (Å²) in [6.45, 7) is 1.95. The van der Waals surface area contributed by atoms with Crippen LogP contribution in [0.5, 0.6) is 0 Å². The van der Waals surface area contributed by atoms with Gasteiger partial charge in [-0.25, -0.2) is 13.4 Å². The topological polar surface area (TPSA) is 98.5 Å². The van der Waals surface area contributed by atoms with Crippen molar-refractivity contribution in [2.24, 2.45) is 0 Å². The van der Waals surface area contributed by atoms with Crippen LogP contribution < -0.4 is 4.84 Å². The second-order valence-corrected chi connectivity index (χ2v) is 7.85. The monoisotopic (exact) mass is 352 g/mol. The molecular weight excluding hydrogens is 332 g/mol. The Hall–Kier alpha value is -2.35. The Morgan fingerprint density at radius 1 is 1.33 bits per heavy atom. The van der Waals surface area contributed by atoms with Crippen LogP contribution in [0.2, 0.25) is 0 Å². The van der Waals surface area contributed by atoms with Crippen LogP contribution in [0.3, 0.4) is 0 Å². The Kier molecular flexibility index (Phi) is 5.61. The van der Waals surface area contributed by atoms with E-state index in [9.17, 15) is 18.3 Å². The third-order valence-corrected chi connectivity index (χ3v) is 4.52. The lowest BCUT2D eigenvalue weighted by Crippen LogP contribution is -2.23. The summed E-state index contributed by atoms with van der Waals surface area (Å²) in [6, 6.07) is 9.44. The zero-order valence-corrected chi connectivity index (χ0v) is 14.4. The first-order valence-electron chi connectivity index (χ1n) is 7.40. The van der Waals surface area contributed by atoms with Crippen molar-refractivity contribution in [1.29, 1.82) is 0 Å². The molecule has 1 atom stereocenters. The highest BCUT2D eigenvalue weighted by atomic mass is 32.2. The Morgan fingerprint density at radius 2 is 2.00 bits per heavy atom. The smallest absolute Gasteiger partial charge is 0.312 e. The minimum Gasteiger partial charge on any atom is -0.481 e. The number of hydrogen-bond donors (Lipinski definition) is 1. The van der Waals surface area contributed by atoms with E-state index in [1.165, 1.54) is 10.9 Å². The molecule has 0 aliphatic carbocycles. The summed E-state index contributed by atoms with van der Waals surface area (Å²) in [5.74, 6) is -1.82. The average molecular weight is 352 g/mol. The van der Waals surface area contributed by atoms with Gasteiger partial charge in [0, 0.05) is 6.26 Å². The fraction of sp³-hybridized carbons (Fsp3) is 0.375. The van der Waals surface area contributed by atoms with Crippen molar-refractivity contribution >= 4 is 15.8 Å². The molecule has 1 aromatic carbocycles. The van der Waals surface area contributed by atoms with Gasteiger partial charge in [-0.2, -0.15) is 4.73 Å². The lowest BCUT2D eigenvalue weighted by atomic mass is 10.0. The molecule has 0 bridgehead atoms. The number of benzene rings is 1. The van der Waals surface area contributed by atoms with E-state index < -0.39 is 21.7 Å². The van der Waals surface area contributed by atoms with Crippen LogP contribution in [0.4, 0.5) is 0 Å². The summed E-state index contributed by atoms with van der Waals surface area (Å²) in [4.78, 5) is 21.4. The lowest BCUT2D eigenvalue weighted by Gasteiger charge is -2.16. The van der Waals surface area contributed by atoms with Crippen molar-refractivity contribution < 1.29 is 23.2 Å². The van der Waals surface area contributed by atoms with Crippen molar-refractivity contribution in [3.8, 4) is 0 Å². The molecule has 0 aliphatic heterocycles. The van der Waals surface area contributed by atoms with Crippen molar-refractivity contribution in [3.05, 3.63) is 53.6 Å². The van der Waals surface area contributed by atoms with Crippen LogP contribution in [-0.2, 0) is 21.2 Å². The van der Waals surface area contributed by atoms with Crippen LogP contribution in [0, 0.1) is 6.92 Å². The van der Waals surface area contributed by atoms with Gasteiger partial charge in [0.25, 0.3) is 0 Å². The van der Waals surface area contributed by atoms with E-state index in [0.717, 1.165) is 11.8 Å². The predicted octanol–water partition coefficient (Wildman–Crippen LogP) is 1.42. The fourth-order valence-electron chi connectivity index (χ4n) is 2.29. The number of aromatic nitrogens is 2. The number of carboxylic acid groups (broad SMARTS) is 1. The molecule has 0 saturated carbocycles. The largest absolute Gasteiger partial charge is 0.481 e. The molecule has 130 valence electrons. The summed E-state index contributed by atoms with van der Waals surface area (Å²) in [5.41, 5.74) is 1.26. The summed E-state index contributed by atoms with van der Waals surface area (Å²) in [6.07, 6.45) is 2.47. The molecule has 0 fully saturated rings. The number of aryl methyl sites for hydroxylation is 1. The van der Waals surface area contributed by atoms with E-state index in [1.807, 2.05) is 30.3 Å².